The van der Waals surface area contributed by atoms with Crippen LogP contribution in [0.15, 0.2) is 48.6 Å². The minimum atomic E-state index is -4.35. The van der Waals surface area contributed by atoms with E-state index in [1.807, 2.05) is 6.08 Å². The van der Waals surface area contributed by atoms with Crippen LogP contribution < -0.4 is 11.1 Å². The summed E-state index contributed by atoms with van der Waals surface area (Å²) in [6, 6.07) is -0.881. The van der Waals surface area contributed by atoms with Crippen LogP contribution in [0.5, 0.6) is 0 Å². The van der Waals surface area contributed by atoms with Crippen LogP contribution in [0.2, 0.25) is 0 Å². The van der Waals surface area contributed by atoms with Gasteiger partial charge in [-0.15, -0.1) is 0 Å². The first-order valence-electron chi connectivity index (χ1n) is 21.8. The zero-order valence-corrected chi connectivity index (χ0v) is 35.1. The van der Waals surface area contributed by atoms with E-state index in [-0.39, 0.29) is 25.7 Å². The molecular weight excluding hydrogens is 683 g/mol. The molecular formula is C44H83N2O6P. The van der Waals surface area contributed by atoms with Crippen molar-refractivity contribution in [2.24, 2.45) is 5.73 Å². The molecule has 53 heavy (non-hydrogen) atoms. The highest BCUT2D eigenvalue weighted by molar-refractivity contribution is 7.47. The van der Waals surface area contributed by atoms with Gasteiger partial charge in [0.15, 0.2) is 0 Å². The van der Waals surface area contributed by atoms with Gasteiger partial charge in [-0.2, -0.15) is 0 Å². The number of phosphoric ester groups is 1. The van der Waals surface area contributed by atoms with Gasteiger partial charge >= 0.3 is 7.82 Å². The summed E-state index contributed by atoms with van der Waals surface area (Å²) in [5.41, 5.74) is 5.37. The van der Waals surface area contributed by atoms with Crippen LogP contribution in [0, 0.1) is 0 Å². The summed E-state index contributed by atoms with van der Waals surface area (Å²) >= 11 is 0. The molecule has 0 rings (SSSR count). The SMILES string of the molecule is CCCCC/C=C\C/C=C\CCCCCCCCCC(=O)NC(COP(=O)(O)OCCN)C(O)/C=C/CC/C=C/CCCCCCCCCCCCC. The number of nitrogens with one attached hydrogen (secondary N) is 1. The molecule has 0 heterocycles. The van der Waals surface area contributed by atoms with E-state index in [1.165, 1.54) is 116 Å². The van der Waals surface area contributed by atoms with Crippen LogP contribution in [-0.2, 0) is 18.4 Å². The van der Waals surface area contributed by atoms with Gasteiger partial charge < -0.3 is 21.1 Å². The number of phosphoric acid groups is 1. The number of hydrogen-bond donors (Lipinski definition) is 4. The molecule has 5 N–H and O–H groups in total. The third-order valence-electron chi connectivity index (χ3n) is 9.38. The number of aliphatic hydroxyl groups is 1. The maximum atomic E-state index is 12.7. The van der Waals surface area contributed by atoms with Crippen molar-refractivity contribution in [1.82, 2.24) is 5.32 Å². The summed E-state index contributed by atoms with van der Waals surface area (Å²) in [5.74, 6) is -0.213. The molecule has 0 aliphatic rings. The molecule has 310 valence electrons. The summed E-state index contributed by atoms with van der Waals surface area (Å²) in [7, 11) is -4.35. The van der Waals surface area contributed by atoms with E-state index in [9.17, 15) is 19.4 Å². The monoisotopic (exact) mass is 767 g/mol. The molecule has 0 aromatic rings. The lowest BCUT2D eigenvalue weighted by atomic mass is 10.1. The van der Waals surface area contributed by atoms with E-state index in [1.54, 1.807) is 6.08 Å². The molecule has 0 saturated heterocycles. The lowest BCUT2D eigenvalue weighted by molar-refractivity contribution is -0.123. The summed E-state index contributed by atoms with van der Waals surface area (Å²) < 4.78 is 22.1. The molecule has 0 aromatic heterocycles. The first-order valence-corrected chi connectivity index (χ1v) is 23.3. The molecule has 0 spiro atoms. The average molecular weight is 767 g/mol. The van der Waals surface area contributed by atoms with Gasteiger partial charge in [0, 0.05) is 13.0 Å². The number of hydrogen-bond acceptors (Lipinski definition) is 6. The van der Waals surface area contributed by atoms with Crippen molar-refractivity contribution in [2.45, 2.75) is 206 Å². The molecule has 8 nitrogen and oxygen atoms in total. The maximum Gasteiger partial charge on any atom is 0.472 e. The van der Waals surface area contributed by atoms with E-state index in [0.717, 1.165) is 57.8 Å². The molecule has 0 aliphatic carbocycles. The van der Waals surface area contributed by atoms with E-state index in [2.05, 4.69) is 55.6 Å². The van der Waals surface area contributed by atoms with Gasteiger partial charge in [0.25, 0.3) is 0 Å². The van der Waals surface area contributed by atoms with E-state index in [0.29, 0.717) is 6.42 Å². The number of nitrogens with two attached hydrogens (primary N) is 1. The summed E-state index contributed by atoms with van der Waals surface area (Å²) in [6.07, 6.45) is 48.7. The topological polar surface area (TPSA) is 131 Å². The van der Waals surface area contributed by atoms with Gasteiger partial charge in [0.1, 0.15) is 0 Å². The normalized spacial score (nSPS) is 14.6. The summed E-state index contributed by atoms with van der Waals surface area (Å²) in [4.78, 5) is 22.7. The van der Waals surface area contributed by atoms with Crippen molar-refractivity contribution in [3.8, 4) is 0 Å². The molecule has 0 bridgehead atoms. The lowest BCUT2D eigenvalue weighted by Crippen LogP contribution is -2.45. The third-order valence-corrected chi connectivity index (χ3v) is 10.4. The molecule has 0 aromatic carbocycles. The molecule has 1 amide bonds. The maximum absolute atomic E-state index is 12.7. The van der Waals surface area contributed by atoms with Gasteiger partial charge in [-0.05, 0) is 64.2 Å². The van der Waals surface area contributed by atoms with E-state index >= 15 is 0 Å². The molecule has 0 radical (unpaired) electrons. The number of carbonyl (C=O) groups is 1. The van der Waals surface area contributed by atoms with Gasteiger partial charge in [-0.3, -0.25) is 13.8 Å². The molecule has 0 saturated carbocycles. The predicted molar refractivity (Wildman–Crippen MR) is 226 cm³/mol. The Morgan fingerprint density at radius 1 is 0.623 bits per heavy atom. The van der Waals surface area contributed by atoms with Crippen molar-refractivity contribution < 1.29 is 28.4 Å². The quantitative estimate of drug-likeness (QED) is 0.0277. The summed E-state index contributed by atoms with van der Waals surface area (Å²) in [5, 5.41) is 13.6. The fraction of sp³-hybridized carbons (Fsp3) is 0.795. The van der Waals surface area contributed by atoms with Crippen LogP contribution in [0.25, 0.3) is 0 Å². The summed E-state index contributed by atoms with van der Waals surface area (Å²) in [6.45, 7) is 4.08. The second-order valence-corrected chi connectivity index (χ2v) is 16.0. The van der Waals surface area contributed by atoms with Crippen molar-refractivity contribution in [3.05, 3.63) is 48.6 Å². The average Bonchev–Trinajstić information content (AvgIpc) is 3.14. The molecule has 0 fully saturated rings. The molecule has 0 aliphatic heterocycles. The van der Waals surface area contributed by atoms with Gasteiger partial charge in [-0.1, -0.05) is 172 Å². The van der Waals surface area contributed by atoms with Crippen LogP contribution in [0.3, 0.4) is 0 Å². The Morgan fingerprint density at radius 3 is 1.60 bits per heavy atom. The van der Waals surface area contributed by atoms with Gasteiger partial charge in [0.2, 0.25) is 5.91 Å². The highest BCUT2D eigenvalue weighted by atomic mass is 31.2. The van der Waals surface area contributed by atoms with Gasteiger partial charge in [0.05, 0.1) is 25.4 Å². The standard InChI is InChI=1S/C44H83N2O6P/c1-3-5-7-9-11-13-15-17-19-21-23-25-27-29-31-33-35-37-43(47)42(41-52-53(49,50)51-40-39-45)46-44(48)38-36-34-32-30-28-26-24-22-20-18-16-14-12-10-8-6-4-2/h12,14,18,20,27,29,35,37,42-43,47H,3-11,13,15-17,19,21-26,28,30-34,36,38-41,45H2,1-2H3,(H,46,48)(H,49,50)/b14-12-,20-18-,29-27+,37-35+. The van der Waals surface area contributed by atoms with Crippen LogP contribution in [-0.4, -0.2) is 47.8 Å². The fourth-order valence-electron chi connectivity index (χ4n) is 6.06. The smallest absolute Gasteiger partial charge is 0.387 e. The van der Waals surface area contributed by atoms with Crippen LogP contribution in [0.1, 0.15) is 194 Å². The number of unbranched alkanes of at least 4 members (excludes halogenated alkanes) is 22. The Balaban J connectivity index is 4.29. The molecule has 3 unspecified atom stereocenters. The van der Waals surface area contributed by atoms with Crippen molar-refractivity contribution in [3.63, 3.8) is 0 Å². The Hall–Kier alpha value is -1.54. The highest BCUT2D eigenvalue weighted by Gasteiger charge is 2.26. The van der Waals surface area contributed by atoms with Crippen molar-refractivity contribution in [2.75, 3.05) is 19.8 Å². The minimum Gasteiger partial charge on any atom is -0.387 e. The fourth-order valence-corrected chi connectivity index (χ4v) is 6.82. The van der Waals surface area contributed by atoms with Crippen LogP contribution in [0.4, 0.5) is 0 Å². The van der Waals surface area contributed by atoms with Crippen molar-refractivity contribution in [1.29, 1.82) is 0 Å². The Morgan fingerprint density at radius 2 is 1.06 bits per heavy atom. The first-order chi connectivity index (χ1) is 25.9. The van der Waals surface area contributed by atoms with Crippen molar-refractivity contribution >= 4 is 13.7 Å². The number of aliphatic hydroxyl groups excluding tert-OH is 1. The van der Waals surface area contributed by atoms with E-state index in [4.69, 9.17) is 14.8 Å². The van der Waals surface area contributed by atoms with Gasteiger partial charge in [-0.25, -0.2) is 4.57 Å². The number of allylic oxidation sites excluding steroid dienone is 7. The second-order valence-electron chi connectivity index (χ2n) is 14.5. The molecule has 3 atom stereocenters. The zero-order valence-electron chi connectivity index (χ0n) is 34.2. The minimum absolute atomic E-state index is 0.0713. The third kappa shape index (κ3) is 38.5. The Labute approximate surface area is 326 Å². The number of rotatable bonds is 40. The number of carbonyl (C=O) groups excluding carboxylic acids is 1. The zero-order chi connectivity index (χ0) is 38.9. The lowest BCUT2D eigenvalue weighted by Gasteiger charge is -2.23. The number of amides is 1. The Kier molecular flexibility index (Phi) is 39.0. The van der Waals surface area contributed by atoms with E-state index < -0.39 is 20.0 Å². The Bertz CT molecular complexity index is 970. The predicted octanol–water partition coefficient (Wildman–Crippen LogP) is 12.1. The van der Waals surface area contributed by atoms with Crippen LogP contribution >= 0.6 is 7.82 Å². The second kappa shape index (κ2) is 40.1. The largest absolute Gasteiger partial charge is 0.472 e. The molecule has 9 heteroatoms. The first kappa shape index (κ1) is 51.5. The highest BCUT2D eigenvalue weighted by Crippen LogP contribution is 2.43.